The van der Waals surface area contributed by atoms with Gasteiger partial charge in [-0.15, -0.1) is 0 Å². The van der Waals surface area contributed by atoms with Gasteiger partial charge in [0.2, 0.25) is 12.7 Å². The highest BCUT2D eigenvalue weighted by atomic mass is 32.2. The van der Waals surface area contributed by atoms with E-state index in [1.54, 1.807) is 18.2 Å². The van der Waals surface area contributed by atoms with Gasteiger partial charge in [-0.05, 0) is 24.3 Å². The summed E-state index contributed by atoms with van der Waals surface area (Å²) >= 11 is 1.53. The van der Waals surface area contributed by atoms with Crippen molar-refractivity contribution in [2.75, 3.05) is 23.6 Å². The molecular weight excluding hydrogens is 264 g/mol. The van der Waals surface area contributed by atoms with Crippen LogP contribution in [0.25, 0.3) is 0 Å². The molecule has 1 amide bonds. The summed E-state index contributed by atoms with van der Waals surface area (Å²) in [6.45, 7) is 0.224. The van der Waals surface area contributed by atoms with Crippen LogP contribution >= 0.6 is 11.8 Å². The molecule has 1 heterocycles. The molecule has 1 N–H and O–H groups in total. The number of benzene rings is 1. The highest BCUT2D eigenvalue weighted by molar-refractivity contribution is 7.99. The number of nitrogens with zero attached hydrogens (tertiary/aromatic N) is 1. The third kappa shape index (κ3) is 4.07. The number of thioether (sulfide) groups is 1. The Kier molecular flexibility index (Phi) is 4.93. The zero-order valence-corrected chi connectivity index (χ0v) is 11.2. The Balaban J connectivity index is 1.75. The lowest BCUT2D eigenvalue weighted by Gasteiger charge is -2.05. The SMILES string of the molecule is N#CCCCSCC(=O)Nc1ccc2c(c1)OCO2. The fourth-order valence-electron chi connectivity index (χ4n) is 1.59. The Morgan fingerprint density at radius 1 is 1.42 bits per heavy atom. The van der Waals surface area contributed by atoms with Gasteiger partial charge in [-0.2, -0.15) is 17.0 Å². The number of hydrogen-bond acceptors (Lipinski definition) is 5. The summed E-state index contributed by atoms with van der Waals surface area (Å²) in [5.74, 6) is 2.51. The summed E-state index contributed by atoms with van der Waals surface area (Å²) in [5, 5.41) is 11.2. The van der Waals surface area contributed by atoms with Crippen LogP contribution in [0.2, 0.25) is 0 Å². The van der Waals surface area contributed by atoms with E-state index in [4.69, 9.17) is 14.7 Å². The first-order chi connectivity index (χ1) is 9.29. The van der Waals surface area contributed by atoms with Gasteiger partial charge in [0.1, 0.15) is 0 Å². The molecule has 0 fully saturated rings. The van der Waals surface area contributed by atoms with Crippen molar-refractivity contribution in [2.45, 2.75) is 12.8 Å². The Bertz CT molecular complexity index is 499. The van der Waals surface area contributed by atoms with Gasteiger partial charge < -0.3 is 14.8 Å². The fourth-order valence-corrected chi connectivity index (χ4v) is 2.34. The Hall–Kier alpha value is -1.87. The predicted molar refractivity (Wildman–Crippen MR) is 73.4 cm³/mol. The molecule has 0 unspecified atom stereocenters. The van der Waals surface area contributed by atoms with E-state index >= 15 is 0 Å². The van der Waals surface area contributed by atoms with Crippen LogP contribution < -0.4 is 14.8 Å². The highest BCUT2D eigenvalue weighted by Crippen LogP contribution is 2.34. The minimum absolute atomic E-state index is 0.0548. The smallest absolute Gasteiger partial charge is 0.234 e. The van der Waals surface area contributed by atoms with E-state index in [1.807, 2.05) is 0 Å². The lowest BCUT2D eigenvalue weighted by Crippen LogP contribution is -2.14. The average molecular weight is 278 g/mol. The number of anilines is 1. The molecule has 1 aromatic carbocycles. The molecule has 0 saturated carbocycles. The second kappa shape index (κ2) is 6.90. The minimum Gasteiger partial charge on any atom is -0.454 e. The average Bonchev–Trinajstić information content (AvgIpc) is 2.86. The molecule has 0 atom stereocenters. The normalized spacial score (nSPS) is 11.9. The third-order valence-corrected chi connectivity index (χ3v) is 3.51. The number of hydrogen-bond donors (Lipinski definition) is 1. The summed E-state index contributed by atoms with van der Waals surface area (Å²) in [7, 11) is 0. The van der Waals surface area contributed by atoms with Crippen LogP contribution in [0.15, 0.2) is 18.2 Å². The van der Waals surface area contributed by atoms with Gasteiger partial charge in [0, 0.05) is 18.2 Å². The number of unbranched alkanes of at least 4 members (excludes halogenated alkanes) is 1. The molecule has 0 bridgehead atoms. The summed E-state index contributed by atoms with van der Waals surface area (Å²) in [4.78, 5) is 11.7. The number of amides is 1. The van der Waals surface area contributed by atoms with E-state index < -0.39 is 0 Å². The number of carbonyl (C=O) groups is 1. The van der Waals surface area contributed by atoms with Gasteiger partial charge in [0.25, 0.3) is 0 Å². The van der Waals surface area contributed by atoms with Crippen LogP contribution in [0.5, 0.6) is 11.5 Å². The second-order valence-electron chi connectivity index (χ2n) is 3.93. The second-order valence-corrected chi connectivity index (χ2v) is 5.04. The predicted octanol–water partition coefficient (Wildman–Crippen LogP) is 2.39. The van der Waals surface area contributed by atoms with E-state index in [-0.39, 0.29) is 12.7 Å². The molecule has 0 radical (unpaired) electrons. The van der Waals surface area contributed by atoms with Crippen LogP contribution in [0, 0.1) is 11.3 Å². The van der Waals surface area contributed by atoms with Crippen molar-refractivity contribution >= 4 is 23.4 Å². The van der Waals surface area contributed by atoms with E-state index in [9.17, 15) is 4.79 Å². The molecule has 1 aromatic rings. The zero-order chi connectivity index (χ0) is 13.5. The quantitative estimate of drug-likeness (QED) is 0.809. The van der Waals surface area contributed by atoms with E-state index in [0.717, 1.165) is 12.2 Å². The third-order valence-electron chi connectivity index (χ3n) is 2.47. The molecule has 2 rings (SSSR count). The molecule has 0 saturated heterocycles. The van der Waals surface area contributed by atoms with Crippen molar-refractivity contribution in [3.63, 3.8) is 0 Å². The lowest BCUT2D eigenvalue weighted by atomic mass is 10.3. The fraction of sp³-hybridized carbons (Fsp3) is 0.385. The maximum atomic E-state index is 11.7. The molecule has 1 aliphatic rings. The standard InChI is InChI=1S/C13H14N2O3S/c14-5-1-2-6-19-8-13(16)15-10-3-4-11-12(7-10)18-9-17-11/h3-4,7H,1-2,6,8-9H2,(H,15,16). The van der Waals surface area contributed by atoms with Crippen LogP contribution in [0.4, 0.5) is 5.69 Å². The molecule has 6 heteroatoms. The van der Waals surface area contributed by atoms with Gasteiger partial charge in [-0.1, -0.05) is 0 Å². The number of ether oxygens (including phenoxy) is 2. The van der Waals surface area contributed by atoms with Gasteiger partial charge in [0.15, 0.2) is 11.5 Å². The Morgan fingerprint density at radius 2 is 2.26 bits per heavy atom. The lowest BCUT2D eigenvalue weighted by molar-refractivity contribution is -0.113. The van der Waals surface area contributed by atoms with Gasteiger partial charge in [0.05, 0.1) is 11.8 Å². The van der Waals surface area contributed by atoms with E-state index in [1.165, 1.54) is 11.8 Å². The number of carbonyl (C=O) groups excluding carboxylic acids is 1. The number of nitrogens with one attached hydrogen (secondary N) is 1. The van der Waals surface area contributed by atoms with Crippen LogP contribution in [-0.2, 0) is 4.79 Å². The maximum absolute atomic E-state index is 11.7. The molecule has 100 valence electrons. The molecule has 0 spiro atoms. The zero-order valence-electron chi connectivity index (χ0n) is 10.3. The van der Waals surface area contributed by atoms with Crippen molar-refractivity contribution in [1.82, 2.24) is 0 Å². The number of rotatable bonds is 6. The van der Waals surface area contributed by atoms with Crippen molar-refractivity contribution < 1.29 is 14.3 Å². The van der Waals surface area contributed by atoms with Crippen molar-refractivity contribution in [1.29, 1.82) is 5.26 Å². The van der Waals surface area contributed by atoms with Gasteiger partial charge >= 0.3 is 0 Å². The van der Waals surface area contributed by atoms with Crippen molar-refractivity contribution in [2.24, 2.45) is 0 Å². The van der Waals surface area contributed by atoms with E-state index in [0.29, 0.717) is 29.4 Å². The van der Waals surface area contributed by atoms with E-state index in [2.05, 4.69) is 11.4 Å². The molecular formula is C13H14N2O3S. The molecule has 0 aliphatic carbocycles. The molecule has 19 heavy (non-hydrogen) atoms. The first-order valence-electron chi connectivity index (χ1n) is 5.94. The summed E-state index contributed by atoms with van der Waals surface area (Å²) in [6.07, 6.45) is 1.36. The first kappa shape index (κ1) is 13.6. The Labute approximate surface area is 115 Å². The van der Waals surface area contributed by atoms with Crippen LogP contribution in [0.3, 0.4) is 0 Å². The monoisotopic (exact) mass is 278 g/mol. The summed E-state index contributed by atoms with van der Waals surface area (Å²) in [5.41, 5.74) is 0.701. The minimum atomic E-state index is -0.0548. The topological polar surface area (TPSA) is 71.4 Å². The van der Waals surface area contributed by atoms with Crippen molar-refractivity contribution in [3.8, 4) is 17.6 Å². The van der Waals surface area contributed by atoms with Crippen LogP contribution in [0.1, 0.15) is 12.8 Å². The molecule has 1 aliphatic heterocycles. The van der Waals surface area contributed by atoms with Crippen LogP contribution in [-0.4, -0.2) is 24.2 Å². The number of fused-ring (bicyclic) bond motifs is 1. The number of nitriles is 1. The Morgan fingerprint density at radius 3 is 3.11 bits per heavy atom. The maximum Gasteiger partial charge on any atom is 0.234 e. The largest absolute Gasteiger partial charge is 0.454 e. The highest BCUT2D eigenvalue weighted by Gasteiger charge is 2.13. The van der Waals surface area contributed by atoms with Crippen molar-refractivity contribution in [3.05, 3.63) is 18.2 Å². The summed E-state index contributed by atoms with van der Waals surface area (Å²) < 4.78 is 10.4. The first-order valence-corrected chi connectivity index (χ1v) is 7.09. The molecule has 0 aromatic heterocycles. The van der Waals surface area contributed by atoms with Gasteiger partial charge in [-0.3, -0.25) is 4.79 Å². The summed E-state index contributed by atoms with van der Waals surface area (Å²) in [6, 6.07) is 7.39. The molecule has 5 nitrogen and oxygen atoms in total. The van der Waals surface area contributed by atoms with Gasteiger partial charge in [-0.25, -0.2) is 0 Å².